The number of hydrogen-bond acceptors (Lipinski definition) is 6. The van der Waals surface area contributed by atoms with Crippen LogP contribution in [0.15, 0.2) is 10.9 Å². The third-order valence-electron chi connectivity index (χ3n) is 5.17. The van der Waals surface area contributed by atoms with Crippen LogP contribution >= 0.6 is 0 Å². The molecule has 0 bridgehead atoms. The molecule has 8 nitrogen and oxygen atoms in total. The van der Waals surface area contributed by atoms with Gasteiger partial charge >= 0.3 is 0 Å². The minimum atomic E-state index is -0.0622. The molecule has 1 atom stereocenters. The molecule has 1 saturated heterocycles. The third-order valence-corrected chi connectivity index (χ3v) is 5.17. The quantitative estimate of drug-likeness (QED) is 0.850. The summed E-state index contributed by atoms with van der Waals surface area (Å²) in [5, 5.41) is 6.63. The smallest absolute Gasteiger partial charge is 0.297 e. The summed E-state index contributed by atoms with van der Waals surface area (Å²) in [5.41, 5.74) is 2.54. The number of anilines is 1. The van der Waals surface area contributed by atoms with Crippen LogP contribution in [0.2, 0.25) is 0 Å². The minimum Gasteiger partial charge on any atom is -0.377 e. The second-order valence-electron chi connectivity index (χ2n) is 6.96. The Labute approximate surface area is 152 Å². The van der Waals surface area contributed by atoms with E-state index in [0.29, 0.717) is 43.0 Å². The van der Waals surface area contributed by atoms with Crippen LogP contribution in [0, 0.1) is 0 Å². The predicted molar refractivity (Wildman–Crippen MR) is 101 cm³/mol. The van der Waals surface area contributed by atoms with E-state index in [0.717, 1.165) is 43.7 Å². The highest BCUT2D eigenvalue weighted by Crippen LogP contribution is 2.20. The first-order valence-electron chi connectivity index (χ1n) is 9.44. The average molecular weight is 358 g/mol. The van der Waals surface area contributed by atoms with Gasteiger partial charge in [0.2, 0.25) is 0 Å². The molecule has 2 N–H and O–H groups in total. The molecule has 2 aromatic rings. The molecule has 2 aliphatic rings. The zero-order valence-electron chi connectivity index (χ0n) is 15.4. The van der Waals surface area contributed by atoms with Crippen LogP contribution in [-0.4, -0.2) is 58.5 Å². The lowest BCUT2D eigenvalue weighted by Gasteiger charge is -2.23. The SMILES string of the molecule is CCc1nc2nc(C3=CCOCC3)[nH]n2c(=O)c1N1CCN[C@H](C)CC1. The number of aromatic nitrogens is 4. The highest BCUT2D eigenvalue weighted by molar-refractivity contribution is 5.62. The summed E-state index contributed by atoms with van der Waals surface area (Å²) in [6.07, 6.45) is 4.51. The number of aryl methyl sites for hydroxylation is 1. The summed E-state index contributed by atoms with van der Waals surface area (Å²) in [6.45, 7) is 8.01. The predicted octanol–water partition coefficient (Wildman–Crippen LogP) is 0.972. The van der Waals surface area contributed by atoms with E-state index < -0.39 is 0 Å². The van der Waals surface area contributed by atoms with Gasteiger partial charge in [0.25, 0.3) is 11.3 Å². The van der Waals surface area contributed by atoms with E-state index in [-0.39, 0.29) is 5.56 Å². The Balaban J connectivity index is 1.78. The molecule has 26 heavy (non-hydrogen) atoms. The Hall–Kier alpha value is -2.19. The molecule has 0 amide bonds. The molecular weight excluding hydrogens is 332 g/mol. The van der Waals surface area contributed by atoms with Crippen molar-refractivity contribution in [2.45, 2.75) is 39.2 Å². The fourth-order valence-electron chi connectivity index (χ4n) is 3.63. The van der Waals surface area contributed by atoms with E-state index >= 15 is 0 Å². The van der Waals surface area contributed by atoms with Crippen LogP contribution in [0.25, 0.3) is 11.4 Å². The molecule has 4 rings (SSSR count). The fraction of sp³-hybridized carbons (Fsp3) is 0.611. The van der Waals surface area contributed by atoms with Crippen molar-refractivity contribution >= 4 is 17.0 Å². The number of H-pyrrole nitrogens is 1. The number of fused-ring (bicyclic) bond motifs is 1. The van der Waals surface area contributed by atoms with Crippen LogP contribution < -0.4 is 15.8 Å². The van der Waals surface area contributed by atoms with E-state index in [1.807, 2.05) is 13.0 Å². The molecule has 0 aliphatic carbocycles. The summed E-state index contributed by atoms with van der Waals surface area (Å²) in [7, 11) is 0. The standard InChI is InChI=1S/C18H26N6O2/c1-3-14-15(23-8-4-12(2)19-7-9-23)17(25)24-18(20-14)21-16(22-24)13-5-10-26-11-6-13/h5,12,19H,3-4,6-11H2,1-2H3,(H,20,21,22)/t12-/m1/s1. The van der Waals surface area contributed by atoms with E-state index in [1.54, 1.807) is 0 Å². The molecule has 0 unspecified atom stereocenters. The van der Waals surface area contributed by atoms with Crippen molar-refractivity contribution in [3.8, 4) is 0 Å². The van der Waals surface area contributed by atoms with Gasteiger partial charge in [0.05, 0.1) is 18.9 Å². The molecule has 140 valence electrons. The Kier molecular flexibility index (Phi) is 4.78. The molecule has 2 aromatic heterocycles. The molecule has 0 radical (unpaired) electrons. The topological polar surface area (TPSA) is 87.5 Å². The maximum absolute atomic E-state index is 13.2. The summed E-state index contributed by atoms with van der Waals surface area (Å²) in [5.74, 6) is 1.16. The number of rotatable bonds is 3. The van der Waals surface area contributed by atoms with Crippen molar-refractivity contribution < 1.29 is 4.74 Å². The molecule has 8 heteroatoms. The van der Waals surface area contributed by atoms with E-state index in [2.05, 4.69) is 27.2 Å². The van der Waals surface area contributed by atoms with Crippen LogP contribution in [0.4, 0.5) is 5.69 Å². The summed E-state index contributed by atoms with van der Waals surface area (Å²) in [4.78, 5) is 24.7. The van der Waals surface area contributed by atoms with Crippen molar-refractivity contribution in [3.63, 3.8) is 0 Å². The maximum atomic E-state index is 13.2. The zero-order valence-corrected chi connectivity index (χ0v) is 15.4. The molecule has 2 aliphatic heterocycles. The monoisotopic (exact) mass is 358 g/mol. The molecular formula is C18H26N6O2. The van der Waals surface area contributed by atoms with Gasteiger partial charge in [0, 0.05) is 25.7 Å². The number of ether oxygens (including phenoxy) is 1. The van der Waals surface area contributed by atoms with Crippen molar-refractivity contribution in [1.82, 2.24) is 24.9 Å². The number of aromatic amines is 1. The first kappa shape index (κ1) is 17.2. The molecule has 1 fully saturated rings. The van der Waals surface area contributed by atoms with Crippen LogP contribution in [0.3, 0.4) is 0 Å². The Bertz CT molecular complexity index is 884. The lowest BCUT2D eigenvalue weighted by atomic mass is 10.1. The van der Waals surface area contributed by atoms with Gasteiger partial charge in [-0.2, -0.15) is 9.50 Å². The lowest BCUT2D eigenvalue weighted by molar-refractivity contribution is 0.161. The van der Waals surface area contributed by atoms with Crippen LogP contribution in [-0.2, 0) is 11.2 Å². The molecule has 0 aromatic carbocycles. The Morgan fingerprint density at radius 2 is 2.23 bits per heavy atom. The minimum absolute atomic E-state index is 0.0622. The summed E-state index contributed by atoms with van der Waals surface area (Å²) in [6, 6.07) is 0.462. The number of nitrogens with zero attached hydrogens (tertiary/aromatic N) is 4. The van der Waals surface area contributed by atoms with Crippen LogP contribution in [0.1, 0.15) is 38.2 Å². The number of nitrogens with one attached hydrogen (secondary N) is 2. The third kappa shape index (κ3) is 3.14. The first-order valence-corrected chi connectivity index (χ1v) is 9.44. The maximum Gasteiger partial charge on any atom is 0.297 e. The van der Waals surface area contributed by atoms with Crippen molar-refractivity contribution in [3.05, 3.63) is 27.9 Å². The van der Waals surface area contributed by atoms with Gasteiger partial charge in [-0.1, -0.05) is 13.0 Å². The van der Waals surface area contributed by atoms with E-state index in [4.69, 9.17) is 9.72 Å². The molecule has 0 saturated carbocycles. The van der Waals surface area contributed by atoms with Gasteiger partial charge in [0.1, 0.15) is 5.69 Å². The van der Waals surface area contributed by atoms with Crippen LogP contribution in [0.5, 0.6) is 0 Å². The van der Waals surface area contributed by atoms with Gasteiger partial charge in [0.15, 0.2) is 5.82 Å². The van der Waals surface area contributed by atoms with E-state index in [9.17, 15) is 4.79 Å². The Morgan fingerprint density at radius 3 is 3.00 bits per heavy atom. The van der Waals surface area contributed by atoms with Crippen molar-refractivity contribution in [1.29, 1.82) is 0 Å². The van der Waals surface area contributed by atoms with E-state index in [1.165, 1.54) is 4.52 Å². The summed E-state index contributed by atoms with van der Waals surface area (Å²) < 4.78 is 6.85. The van der Waals surface area contributed by atoms with Gasteiger partial charge < -0.3 is 15.0 Å². The van der Waals surface area contributed by atoms with Gasteiger partial charge in [-0.15, -0.1) is 0 Å². The Morgan fingerprint density at radius 1 is 1.35 bits per heavy atom. The second kappa shape index (κ2) is 7.20. The zero-order chi connectivity index (χ0) is 18.1. The second-order valence-corrected chi connectivity index (χ2v) is 6.96. The molecule has 0 spiro atoms. The lowest BCUT2D eigenvalue weighted by Crippen LogP contribution is -2.35. The number of hydrogen-bond donors (Lipinski definition) is 2. The molecule has 4 heterocycles. The summed E-state index contributed by atoms with van der Waals surface area (Å²) >= 11 is 0. The highest BCUT2D eigenvalue weighted by Gasteiger charge is 2.23. The first-order chi connectivity index (χ1) is 12.7. The fourth-order valence-corrected chi connectivity index (χ4v) is 3.63. The normalized spacial score (nSPS) is 21.7. The van der Waals surface area contributed by atoms with Gasteiger partial charge in [-0.3, -0.25) is 9.89 Å². The van der Waals surface area contributed by atoms with Gasteiger partial charge in [-0.25, -0.2) is 4.98 Å². The highest BCUT2D eigenvalue weighted by atomic mass is 16.5. The van der Waals surface area contributed by atoms with Crippen molar-refractivity contribution in [2.24, 2.45) is 0 Å². The van der Waals surface area contributed by atoms with Crippen molar-refractivity contribution in [2.75, 3.05) is 37.7 Å². The van der Waals surface area contributed by atoms with Gasteiger partial charge in [-0.05, 0) is 31.8 Å². The largest absolute Gasteiger partial charge is 0.377 e. The average Bonchev–Trinajstić information content (AvgIpc) is 2.99.